The molecule has 2 unspecified atom stereocenters. The maximum Gasteiger partial charge on any atom is 0.242 e. The van der Waals surface area contributed by atoms with Crippen molar-refractivity contribution in [3.05, 3.63) is 0 Å². The average molecular weight is 226 g/mol. The first-order chi connectivity index (χ1) is 7.44. The van der Waals surface area contributed by atoms with E-state index in [2.05, 4.69) is 13.8 Å². The van der Waals surface area contributed by atoms with Gasteiger partial charge in [-0.2, -0.15) is 0 Å². The Labute approximate surface area is 99.4 Å². The Kier molecular flexibility index (Phi) is 4.36. The molecule has 0 aliphatic carbocycles. The van der Waals surface area contributed by atoms with E-state index in [0.717, 1.165) is 25.8 Å². The predicted molar refractivity (Wildman–Crippen MR) is 67.1 cm³/mol. The lowest BCUT2D eigenvalue weighted by Crippen LogP contribution is -2.58. The Morgan fingerprint density at radius 3 is 2.38 bits per heavy atom. The second kappa shape index (κ2) is 5.17. The first-order valence-electron chi connectivity index (χ1n) is 6.54. The minimum absolute atomic E-state index is 0.150. The molecule has 2 N–H and O–H groups in total. The Morgan fingerprint density at radius 2 is 1.88 bits per heavy atom. The summed E-state index contributed by atoms with van der Waals surface area (Å²) in [5, 5.41) is 0. The van der Waals surface area contributed by atoms with Crippen LogP contribution in [0.1, 0.15) is 53.4 Å². The molecule has 2 atom stereocenters. The van der Waals surface area contributed by atoms with Crippen LogP contribution in [-0.4, -0.2) is 28.9 Å². The van der Waals surface area contributed by atoms with Crippen LogP contribution in [0.4, 0.5) is 0 Å². The van der Waals surface area contributed by atoms with Crippen molar-refractivity contribution in [2.75, 3.05) is 6.54 Å². The second-order valence-electron chi connectivity index (χ2n) is 5.35. The standard InChI is InChI=1S/C13H26N2O/c1-5-13(14,6-2)12(16)15-9-10(3)7-8-11(15)4/h10-11H,5-9,14H2,1-4H3. The van der Waals surface area contributed by atoms with E-state index in [9.17, 15) is 4.79 Å². The maximum atomic E-state index is 12.4. The van der Waals surface area contributed by atoms with E-state index in [0.29, 0.717) is 12.0 Å². The van der Waals surface area contributed by atoms with Crippen LogP contribution in [0, 0.1) is 5.92 Å². The summed E-state index contributed by atoms with van der Waals surface area (Å²) < 4.78 is 0. The fourth-order valence-corrected chi connectivity index (χ4v) is 2.41. The van der Waals surface area contributed by atoms with Crippen LogP contribution in [0.15, 0.2) is 0 Å². The number of hydrogen-bond donors (Lipinski definition) is 1. The van der Waals surface area contributed by atoms with Crippen LogP contribution >= 0.6 is 0 Å². The molecule has 3 nitrogen and oxygen atoms in total. The lowest BCUT2D eigenvalue weighted by molar-refractivity contribution is -0.141. The molecule has 0 saturated carbocycles. The highest BCUT2D eigenvalue weighted by molar-refractivity contribution is 5.86. The van der Waals surface area contributed by atoms with Crippen LogP contribution in [0.5, 0.6) is 0 Å². The number of amides is 1. The first-order valence-corrected chi connectivity index (χ1v) is 6.54. The summed E-state index contributed by atoms with van der Waals surface area (Å²) in [6, 6.07) is 0.352. The zero-order valence-electron chi connectivity index (χ0n) is 11.1. The number of likely N-dealkylation sites (tertiary alicyclic amines) is 1. The molecule has 1 aliphatic heterocycles. The van der Waals surface area contributed by atoms with Crippen LogP contribution in [-0.2, 0) is 4.79 Å². The topological polar surface area (TPSA) is 46.3 Å². The van der Waals surface area contributed by atoms with Crippen molar-refractivity contribution < 1.29 is 4.79 Å². The first kappa shape index (κ1) is 13.5. The third-order valence-electron chi connectivity index (χ3n) is 4.07. The zero-order chi connectivity index (χ0) is 12.3. The van der Waals surface area contributed by atoms with Gasteiger partial charge < -0.3 is 10.6 Å². The van der Waals surface area contributed by atoms with E-state index in [1.807, 2.05) is 18.7 Å². The molecule has 1 aliphatic rings. The van der Waals surface area contributed by atoms with Gasteiger partial charge >= 0.3 is 0 Å². The third-order valence-corrected chi connectivity index (χ3v) is 4.07. The van der Waals surface area contributed by atoms with Crippen LogP contribution < -0.4 is 5.73 Å². The number of carbonyl (C=O) groups excluding carboxylic acids is 1. The van der Waals surface area contributed by atoms with Crippen molar-refractivity contribution in [2.45, 2.75) is 65.0 Å². The molecule has 3 heteroatoms. The number of nitrogens with zero attached hydrogens (tertiary/aromatic N) is 1. The third kappa shape index (κ3) is 2.57. The second-order valence-corrected chi connectivity index (χ2v) is 5.35. The molecule has 1 amide bonds. The summed E-state index contributed by atoms with van der Waals surface area (Å²) in [5.74, 6) is 0.759. The van der Waals surface area contributed by atoms with E-state index in [1.165, 1.54) is 6.42 Å². The van der Waals surface area contributed by atoms with Crippen molar-refractivity contribution in [2.24, 2.45) is 11.7 Å². The molecule has 0 bridgehead atoms. The molecule has 94 valence electrons. The van der Waals surface area contributed by atoms with Crippen molar-refractivity contribution in [3.8, 4) is 0 Å². The highest BCUT2D eigenvalue weighted by atomic mass is 16.2. The zero-order valence-corrected chi connectivity index (χ0v) is 11.1. The molecule has 0 aromatic rings. The van der Waals surface area contributed by atoms with Gasteiger partial charge in [0.2, 0.25) is 5.91 Å². The summed E-state index contributed by atoms with van der Waals surface area (Å²) >= 11 is 0. The molecule has 1 rings (SSSR count). The van der Waals surface area contributed by atoms with Crippen LogP contribution in [0.3, 0.4) is 0 Å². The summed E-state index contributed by atoms with van der Waals surface area (Å²) in [6.45, 7) is 9.22. The molecule has 16 heavy (non-hydrogen) atoms. The van der Waals surface area contributed by atoms with Gasteiger partial charge in [0.25, 0.3) is 0 Å². The Hall–Kier alpha value is -0.570. The van der Waals surface area contributed by atoms with E-state index >= 15 is 0 Å². The van der Waals surface area contributed by atoms with Gasteiger partial charge in [0.15, 0.2) is 0 Å². The Bertz CT molecular complexity index is 248. The van der Waals surface area contributed by atoms with Gasteiger partial charge in [0, 0.05) is 12.6 Å². The molecule has 0 radical (unpaired) electrons. The summed E-state index contributed by atoms with van der Waals surface area (Å²) in [7, 11) is 0. The Balaban J connectivity index is 2.78. The number of piperidine rings is 1. The number of nitrogens with two attached hydrogens (primary N) is 1. The maximum absolute atomic E-state index is 12.4. The van der Waals surface area contributed by atoms with Gasteiger partial charge in [-0.05, 0) is 38.5 Å². The van der Waals surface area contributed by atoms with Gasteiger partial charge in [0.05, 0.1) is 5.54 Å². The lowest BCUT2D eigenvalue weighted by atomic mass is 9.88. The van der Waals surface area contributed by atoms with Gasteiger partial charge in [-0.1, -0.05) is 20.8 Å². The SMILES string of the molecule is CCC(N)(CC)C(=O)N1CC(C)CCC1C. The molecule has 1 heterocycles. The number of carbonyl (C=O) groups is 1. The van der Waals surface area contributed by atoms with Crippen molar-refractivity contribution in [1.82, 2.24) is 4.90 Å². The molecule has 1 fully saturated rings. The van der Waals surface area contributed by atoms with E-state index < -0.39 is 5.54 Å². The van der Waals surface area contributed by atoms with Gasteiger partial charge in [0.1, 0.15) is 0 Å². The van der Waals surface area contributed by atoms with Crippen molar-refractivity contribution in [3.63, 3.8) is 0 Å². The quantitative estimate of drug-likeness (QED) is 0.801. The highest BCUT2D eigenvalue weighted by Crippen LogP contribution is 2.25. The normalized spacial score (nSPS) is 26.9. The van der Waals surface area contributed by atoms with Crippen LogP contribution in [0.2, 0.25) is 0 Å². The number of hydrogen-bond acceptors (Lipinski definition) is 2. The smallest absolute Gasteiger partial charge is 0.242 e. The molecule has 0 aromatic heterocycles. The monoisotopic (exact) mass is 226 g/mol. The average Bonchev–Trinajstić information content (AvgIpc) is 2.30. The highest BCUT2D eigenvalue weighted by Gasteiger charge is 2.37. The van der Waals surface area contributed by atoms with Crippen LogP contribution in [0.25, 0.3) is 0 Å². The van der Waals surface area contributed by atoms with Crippen molar-refractivity contribution in [1.29, 1.82) is 0 Å². The molecule has 0 aromatic carbocycles. The summed E-state index contributed by atoms with van der Waals surface area (Å²) in [6.07, 6.45) is 3.77. The Morgan fingerprint density at radius 1 is 1.31 bits per heavy atom. The number of rotatable bonds is 3. The van der Waals surface area contributed by atoms with Gasteiger partial charge in [-0.25, -0.2) is 0 Å². The molecular formula is C13H26N2O. The minimum Gasteiger partial charge on any atom is -0.338 e. The van der Waals surface area contributed by atoms with E-state index in [1.54, 1.807) is 0 Å². The molecule has 0 spiro atoms. The van der Waals surface area contributed by atoms with Crippen molar-refractivity contribution >= 4 is 5.91 Å². The fourth-order valence-electron chi connectivity index (χ4n) is 2.41. The molecule has 1 saturated heterocycles. The van der Waals surface area contributed by atoms with Gasteiger partial charge in [-0.15, -0.1) is 0 Å². The summed E-state index contributed by atoms with van der Waals surface area (Å²) in [5.41, 5.74) is 5.54. The predicted octanol–water partition coefficient (Wildman–Crippen LogP) is 2.15. The minimum atomic E-state index is -0.647. The lowest BCUT2D eigenvalue weighted by Gasteiger charge is -2.41. The van der Waals surface area contributed by atoms with E-state index in [-0.39, 0.29) is 5.91 Å². The summed E-state index contributed by atoms with van der Waals surface area (Å²) in [4.78, 5) is 14.4. The van der Waals surface area contributed by atoms with E-state index in [4.69, 9.17) is 5.73 Å². The fraction of sp³-hybridized carbons (Fsp3) is 0.923. The van der Waals surface area contributed by atoms with Gasteiger partial charge in [-0.3, -0.25) is 4.79 Å². The molecular weight excluding hydrogens is 200 g/mol. The largest absolute Gasteiger partial charge is 0.338 e.